The molecular formula is C24H34FN5O. The third-order valence-electron chi connectivity index (χ3n) is 4.75. The van der Waals surface area contributed by atoms with Crippen molar-refractivity contribution in [1.29, 1.82) is 0 Å². The van der Waals surface area contributed by atoms with Crippen LogP contribution in [0.1, 0.15) is 28.4 Å². The van der Waals surface area contributed by atoms with Crippen molar-refractivity contribution in [2.45, 2.75) is 19.9 Å². The Bertz CT molecular complexity index is 851. The number of carbonyl (C=O) groups is 1. The molecule has 2 N–H and O–H groups in total. The average Bonchev–Trinajstić information content (AvgIpc) is 2.75. The van der Waals surface area contributed by atoms with Crippen molar-refractivity contribution in [1.82, 2.24) is 20.4 Å². The topological polar surface area (TPSA) is 60.0 Å². The predicted octanol–water partition coefficient (Wildman–Crippen LogP) is 2.76. The highest BCUT2D eigenvalue weighted by molar-refractivity contribution is 5.94. The normalized spacial score (nSPS) is 11.5. The van der Waals surface area contributed by atoms with Crippen molar-refractivity contribution in [3.63, 3.8) is 0 Å². The van der Waals surface area contributed by atoms with Gasteiger partial charge in [0.1, 0.15) is 5.82 Å². The summed E-state index contributed by atoms with van der Waals surface area (Å²) in [6, 6.07) is 14.3. The number of guanidine groups is 1. The van der Waals surface area contributed by atoms with Crippen LogP contribution in [0.5, 0.6) is 0 Å². The highest BCUT2D eigenvalue weighted by atomic mass is 19.1. The minimum absolute atomic E-state index is 0.00877. The average molecular weight is 428 g/mol. The first-order valence-electron chi connectivity index (χ1n) is 10.6. The highest BCUT2D eigenvalue weighted by Gasteiger charge is 2.08. The molecule has 0 fully saturated rings. The SMILES string of the molecule is CCNC(=NCCN(C)Cc1ccc(F)cc1)NCCc1cccc(C(=O)N(C)C)c1. The molecule has 7 heteroatoms. The molecule has 0 bridgehead atoms. The largest absolute Gasteiger partial charge is 0.357 e. The van der Waals surface area contributed by atoms with E-state index >= 15 is 0 Å². The lowest BCUT2D eigenvalue weighted by atomic mass is 10.1. The summed E-state index contributed by atoms with van der Waals surface area (Å²) < 4.78 is 13.0. The van der Waals surface area contributed by atoms with Gasteiger partial charge in [0.15, 0.2) is 5.96 Å². The van der Waals surface area contributed by atoms with Gasteiger partial charge in [-0.3, -0.25) is 9.79 Å². The molecule has 0 radical (unpaired) electrons. The summed E-state index contributed by atoms with van der Waals surface area (Å²) in [5.74, 6) is 0.570. The van der Waals surface area contributed by atoms with E-state index in [0.717, 1.165) is 49.7 Å². The number of hydrogen-bond acceptors (Lipinski definition) is 3. The van der Waals surface area contributed by atoms with Crippen molar-refractivity contribution in [2.24, 2.45) is 4.99 Å². The molecule has 6 nitrogen and oxygen atoms in total. The van der Waals surface area contributed by atoms with Crippen LogP contribution in [-0.4, -0.2) is 69.0 Å². The Balaban J connectivity index is 1.81. The number of likely N-dealkylation sites (N-methyl/N-ethyl adjacent to an activating group) is 1. The standard InChI is InChI=1S/C24H34FN5O/c1-5-26-24(28-15-16-30(4)18-20-9-11-22(25)12-10-20)27-14-13-19-7-6-8-21(17-19)23(31)29(2)3/h6-12,17H,5,13-16,18H2,1-4H3,(H2,26,27,28). The van der Waals surface area contributed by atoms with Crippen molar-refractivity contribution in [3.05, 3.63) is 71.0 Å². The number of amides is 1. The Hall–Kier alpha value is -2.93. The van der Waals surface area contributed by atoms with Crippen LogP contribution in [0.4, 0.5) is 4.39 Å². The van der Waals surface area contributed by atoms with Gasteiger partial charge in [-0.25, -0.2) is 4.39 Å². The van der Waals surface area contributed by atoms with Gasteiger partial charge in [0.05, 0.1) is 6.54 Å². The lowest BCUT2D eigenvalue weighted by molar-refractivity contribution is 0.0827. The first-order valence-corrected chi connectivity index (χ1v) is 10.6. The summed E-state index contributed by atoms with van der Waals surface area (Å²) >= 11 is 0. The van der Waals surface area contributed by atoms with Gasteiger partial charge in [0.2, 0.25) is 0 Å². The highest BCUT2D eigenvalue weighted by Crippen LogP contribution is 2.08. The van der Waals surface area contributed by atoms with E-state index in [1.165, 1.54) is 12.1 Å². The Kier molecular flexibility index (Phi) is 9.97. The molecule has 0 atom stereocenters. The summed E-state index contributed by atoms with van der Waals surface area (Å²) in [7, 11) is 5.54. The van der Waals surface area contributed by atoms with Gasteiger partial charge in [-0.15, -0.1) is 0 Å². The Morgan fingerprint density at radius 2 is 1.77 bits per heavy atom. The van der Waals surface area contributed by atoms with Gasteiger partial charge < -0.3 is 20.4 Å². The monoisotopic (exact) mass is 427 g/mol. The first-order chi connectivity index (χ1) is 14.9. The van der Waals surface area contributed by atoms with Gasteiger partial charge in [-0.1, -0.05) is 24.3 Å². The summed E-state index contributed by atoms with van der Waals surface area (Å²) in [6.07, 6.45) is 0.795. The molecule has 0 spiro atoms. The molecule has 0 aliphatic rings. The van der Waals surface area contributed by atoms with E-state index in [0.29, 0.717) is 12.1 Å². The molecule has 168 valence electrons. The fourth-order valence-electron chi connectivity index (χ4n) is 3.10. The molecule has 2 aromatic carbocycles. The molecule has 0 saturated heterocycles. The summed E-state index contributed by atoms with van der Waals surface area (Å²) in [4.78, 5) is 20.5. The number of carbonyl (C=O) groups excluding carboxylic acids is 1. The first kappa shape index (κ1) is 24.3. The fraction of sp³-hybridized carbons (Fsp3) is 0.417. The second-order valence-electron chi connectivity index (χ2n) is 7.70. The third kappa shape index (κ3) is 8.76. The van der Waals surface area contributed by atoms with Crippen LogP contribution in [0.25, 0.3) is 0 Å². The molecular weight excluding hydrogens is 393 g/mol. The predicted molar refractivity (Wildman–Crippen MR) is 125 cm³/mol. The van der Waals surface area contributed by atoms with Gasteiger partial charge >= 0.3 is 0 Å². The van der Waals surface area contributed by atoms with Crippen LogP contribution in [0.2, 0.25) is 0 Å². The number of rotatable bonds is 10. The molecule has 0 aromatic heterocycles. The summed E-state index contributed by atoms with van der Waals surface area (Å²) in [6.45, 7) is 5.74. The second-order valence-corrected chi connectivity index (χ2v) is 7.70. The van der Waals surface area contributed by atoms with Crippen molar-refractivity contribution >= 4 is 11.9 Å². The maximum atomic E-state index is 13.0. The van der Waals surface area contributed by atoms with Gasteiger partial charge in [-0.2, -0.15) is 0 Å². The van der Waals surface area contributed by atoms with Crippen LogP contribution in [-0.2, 0) is 13.0 Å². The number of aliphatic imine (C=N–C) groups is 1. The molecule has 2 aromatic rings. The van der Waals surface area contributed by atoms with Crippen LogP contribution in [0.3, 0.4) is 0 Å². The lowest BCUT2D eigenvalue weighted by Gasteiger charge is -2.16. The van der Waals surface area contributed by atoms with Gasteiger partial charge in [0.25, 0.3) is 5.91 Å². The van der Waals surface area contributed by atoms with Gasteiger partial charge in [0, 0.05) is 45.8 Å². The van der Waals surface area contributed by atoms with E-state index in [2.05, 4.69) is 20.5 Å². The minimum Gasteiger partial charge on any atom is -0.357 e. The van der Waals surface area contributed by atoms with E-state index in [-0.39, 0.29) is 11.7 Å². The number of halogens is 1. The van der Waals surface area contributed by atoms with Gasteiger partial charge in [-0.05, 0) is 55.8 Å². The molecule has 0 saturated carbocycles. The van der Waals surface area contributed by atoms with Crippen LogP contribution in [0, 0.1) is 5.82 Å². The van der Waals surface area contributed by atoms with Crippen LogP contribution in [0.15, 0.2) is 53.5 Å². The van der Waals surface area contributed by atoms with Crippen LogP contribution < -0.4 is 10.6 Å². The zero-order valence-corrected chi connectivity index (χ0v) is 19.0. The smallest absolute Gasteiger partial charge is 0.253 e. The number of hydrogen-bond donors (Lipinski definition) is 2. The lowest BCUT2D eigenvalue weighted by Crippen LogP contribution is -2.39. The molecule has 0 aliphatic heterocycles. The van der Waals surface area contributed by atoms with E-state index in [1.54, 1.807) is 19.0 Å². The zero-order valence-electron chi connectivity index (χ0n) is 19.0. The summed E-state index contributed by atoms with van der Waals surface area (Å²) in [5, 5.41) is 6.61. The number of benzene rings is 2. The minimum atomic E-state index is -0.214. The second kappa shape index (κ2) is 12.7. The number of nitrogens with zero attached hydrogens (tertiary/aromatic N) is 3. The molecule has 0 heterocycles. The number of nitrogens with one attached hydrogen (secondary N) is 2. The van der Waals surface area contributed by atoms with Crippen molar-refractivity contribution < 1.29 is 9.18 Å². The molecule has 0 aliphatic carbocycles. The quantitative estimate of drug-likeness (QED) is 0.452. The Morgan fingerprint density at radius 1 is 1.03 bits per heavy atom. The molecule has 31 heavy (non-hydrogen) atoms. The maximum absolute atomic E-state index is 13.0. The van der Waals surface area contributed by atoms with Crippen molar-refractivity contribution in [2.75, 3.05) is 47.3 Å². The summed E-state index contributed by atoms with van der Waals surface area (Å²) in [5.41, 5.74) is 2.88. The molecule has 0 unspecified atom stereocenters. The molecule has 2 rings (SSSR count). The van der Waals surface area contributed by atoms with Crippen LogP contribution >= 0.6 is 0 Å². The maximum Gasteiger partial charge on any atom is 0.253 e. The zero-order chi connectivity index (χ0) is 22.6. The Morgan fingerprint density at radius 3 is 2.45 bits per heavy atom. The van der Waals surface area contributed by atoms with E-state index in [1.807, 2.05) is 50.4 Å². The Labute approximate surface area is 185 Å². The van der Waals surface area contributed by atoms with E-state index < -0.39 is 0 Å². The third-order valence-corrected chi connectivity index (χ3v) is 4.75. The fourth-order valence-corrected chi connectivity index (χ4v) is 3.10. The molecule has 1 amide bonds. The van der Waals surface area contributed by atoms with E-state index in [4.69, 9.17) is 0 Å². The van der Waals surface area contributed by atoms with E-state index in [9.17, 15) is 9.18 Å². The van der Waals surface area contributed by atoms with Crippen molar-refractivity contribution in [3.8, 4) is 0 Å².